The lowest BCUT2D eigenvalue weighted by Gasteiger charge is -2.17. The molecule has 146 valence electrons. The van der Waals surface area contributed by atoms with Crippen LogP contribution in [0.15, 0.2) is 11.6 Å². The maximum atomic E-state index is 11.1. The summed E-state index contributed by atoms with van der Waals surface area (Å²) in [6.07, 6.45) is 14.2. The summed E-state index contributed by atoms with van der Waals surface area (Å²) in [7, 11) is 1.43. The Labute approximate surface area is 153 Å². The molecule has 1 fully saturated rings. The number of unbranched alkanes of at least 4 members (excludes halogenated alkanes) is 5. The average molecular weight is 355 g/mol. The minimum absolute atomic E-state index is 0.131. The molecule has 4 nitrogen and oxygen atoms in total. The van der Waals surface area contributed by atoms with Crippen molar-refractivity contribution in [3.05, 3.63) is 11.6 Å². The standard InChI is InChI=1S/C21H38O4/c1-3-4-7-10-18(22)15-13-17-14-16-20(23)19(17)11-8-5-6-9-12-21(24)25-2/h13,18-20,22-23H,3-12,14-16H2,1-2H3/t18?,19-,20-/m1/s1. The molecule has 0 radical (unpaired) electrons. The Kier molecular flexibility index (Phi) is 11.8. The van der Waals surface area contributed by atoms with Gasteiger partial charge in [0.15, 0.2) is 0 Å². The third-order valence-electron chi connectivity index (χ3n) is 5.34. The van der Waals surface area contributed by atoms with Crippen LogP contribution in [0.1, 0.15) is 90.4 Å². The number of carbonyl (C=O) groups excluding carboxylic acids is 1. The normalized spacial score (nSPS) is 23.1. The molecule has 2 N–H and O–H groups in total. The van der Waals surface area contributed by atoms with Gasteiger partial charge in [0, 0.05) is 12.3 Å². The fraction of sp³-hybridized carbons (Fsp3) is 0.857. The van der Waals surface area contributed by atoms with E-state index in [1.165, 1.54) is 25.5 Å². The van der Waals surface area contributed by atoms with Crippen LogP contribution >= 0.6 is 0 Å². The molecule has 25 heavy (non-hydrogen) atoms. The summed E-state index contributed by atoms with van der Waals surface area (Å²) in [5.74, 6) is 0.136. The Morgan fingerprint density at radius 1 is 1.24 bits per heavy atom. The van der Waals surface area contributed by atoms with Crippen LogP contribution in [-0.2, 0) is 9.53 Å². The zero-order valence-electron chi connectivity index (χ0n) is 16.2. The van der Waals surface area contributed by atoms with Crippen molar-refractivity contribution in [2.45, 2.75) is 103 Å². The van der Waals surface area contributed by atoms with Crippen molar-refractivity contribution >= 4 is 5.97 Å². The van der Waals surface area contributed by atoms with Gasteiger partial charge in [-0.1, -0.05) is 57.1 Å². The highest BCUT2D eigenvalue weighted by atomic mass is 16.5. The topological polar surface area (TPSA) is 66.8 Å². The lowest BCUT2D eigenvalue weighted by Crippen LogP contribution is -2.14. The van der Waals surface area contributed by atoms with E-state index in [1.807, 2.05) is 0 Å². The van der Waals surface area contributed by atoms with Crippen molar-refractivity contribution in [1.82, 2.24) is 0 Å². The average Bonchev–Trinajstić information content (AvgIpc) is 2.96. The van der Waals surface area contributed by atoms with Gasteiger partial charge in [-0.25, -0.2) is 0 Å². The molecule has 1 aliphatic carbocycles. The van der Waals surface area contributed by atoms with E-state index >= 15 is 0 Å². The molecule has 0 aromatic heterocycles. The highest BCUT2D eigenvalue weighted by Gasteiger charge is 2.29. The van der Waals surface area contributed by atoms with Gasteiger partial charge in [0.05, 0.1) is 19.3 Å². The molecular formula is C21H38O4. The van der Waals surface area contributed by atoms with E-state index in [-0.39, 0.29) is 24.1 Å². The zero-order chi connectivity index (χ0) is 18.5. The maximum Gasteiger partial charge on any atom is 0.305 e. The Hall–Kier alpha value is -0.870. The third kappa shape index (κ3) is 9.41. The van der Waals surface area contributed by atoms with Gasteiger partial charge in [-0.3, -0.25) is 4.79 Å². The number of aliphatic hydroxyl groups excluding tert-OH is 2. The summed E-state index contributed by atoms with van der Waals surface area (Å²) in [6, 6.07) is 0. The molecular weight excluding hydrogens is 316 g/mol. The van der Waals surface area contributed by atoms with E-state index in [0.29, 0.717) is 6.42 Å². The first kappa shape index (κ1) is 22.2. The summed E-state index contributed by atoms with van der Waals surface area (Å²) >= 11 is 0. The maximum absolute atomic E-state index is 11.1. The van der Waals surface area contributed by atoms with Crippen LogP contribution in [0.2, 0.25) is 0 Å². The molecule has 0 aliphatic heterocycles. The molecule has 0 amide bonds. The monoisotopic (exact) mass is 354 g/mol. The summed E-state index contributed by atoms with van der Waals surface area (Å²) < 4.78 is 4.64. The highest BCUT2D eigenvalue weighted by molar-refractivity contribution is 5.68. The quantitative estimate of drug-likeness (QED) is 0.290. The van der Waals surface area contributed by atoms with Crippen molar-refractivity contribution in [2.75, 3.05) is 7.11 Å². The van der Waals surface area contributed by atoms with Crippen LogP contribution in [0.4, 0.5) is 0 Å². The summed E-state index contributed by atoms with van der Waals surface area (Å²) in [6.45, 7) is 2.17. The molecule has 0 saturated heterocycles. The summed E-state index contributed by atoms with van der Waals surface area (Å²) in [5.41, 5.74) is 1.34. The minimum atomic E-state index is -0.240. The molecule has 4 heteroatoms. The van der Waals surface area contributed by atoms with Crippen molar-refractivity contribution in [3.8, 4) is 0 Å². The van der Waals surface area contributed by atoms with Crippen LogP contribution < -0.4 is 0 Å². The first-order valence-electron chi connectivity index (χ1n) is 10.2. The number of carbonyl (C=O) groups is 1. The van der Waals surface area contributed by atoms with Crippen LogP contribution in [0.5, 0.6) is 0 Å². The Balaban J connectivity index is 2.26. The molecule has 1 saturated carbocycles. The van der Waals surface area contributed by atoms with Crippen molar-refractivity contribution in [2.24, 2.45) is 5.92 Å². The first-order valence-corrected chi connectivity index (χ1v) is 10.2. The lowest BCUT2D eigenvalue weighted by molar-refractivity contribution is -0.140. The Bertz CT molecular complexity index is 391. The van der Waals surface area contributed by atoms with Crippen LogP contribution in [0.25, 0.3) is 0 Å². The fourth-order valence-electron chi connectivity index (χ4n) is 3.70. The van der Waals surface area contributed by atoms with Gasteiger partial charge in [-0.15, -0.1) is 0 Å². The van der Waals surface area contributed by atoms with Crippen molar-refractivity contribution in [3.63, 3.8) is 0 Å². The second-order valence-corrected chi connectivity index (χ2v) is 7.41. The van der Waals surface area contributed by atoms with Crippen LogP contribution in [0, 0.1) is 5.92 Å². The van der Waals surface area contributed by atoms with Gasteiger partial charge in [-0.05, 0) is 38.5 Å². The minimum Gasteiger partial charge on any atom is -0.469 e. The predicted molar refractivity (Wildman–Crippen MR) is 101 cm³/mol. The zero-order valence-corrected chi connectivity index (χ0v) is 16.2. The van der Waals surface area contributed by atoms with Gasteiger partial charge in [0.1, 0.15) is 0 Å². The van der Waals surface area contributed by atoms with E-state index in [2.05, 4.69) is 17.7 Å². The molecule has 1 unspecified atom stereocenters. The molecule has 1 rings (SSSR count). The van der Waals surface area contributed by atoms with Crippen molar-refractivity contribution < 1.29 is 19.7 Å². The predicted octanol–water partition coefficient (Wildman–Crippen LogP) is 4.53. The van der Waals surface area contributed by atoms with Gasteiger partial charge < -0.3 is 14.9 Å². The number of ether oxygens (including phenoxy) is 1. The molecule has 0 aromatic carbocycles. The molecule has 0 aromatic rings. The molecule has 0 spiro atoms. The number of hydrogen-bond donors (Lipinski definition) is 2. The smallest absolute Gasteiger partial charge is 0.305 e. The Morgan fingerprint density at radius 3 is 2.72 bits per heavy atom. The van der Waals surface area contributed by atoms with Crippen LogP contribution in [-0.4, -0.2) is 35.5 Å². The van der Waals surface area contributed by atoms with Gasteiger partial charge in [-0.2, -0.15) is 0 Å². The van der Waals surface area contributed by atoms with Gasteiger partial charge >= 0.3 is 5.97 Å². The SMILES string of the molecule is CCCCCC(O)CC=C1CC[C@@H](O)[C@@H]1CCCCCCC(=O)OC. The molecule has 0 bridgehead atoms. The highest BCUT2D eigenvalue weighted by Crippen LogP contribution is 2.35. The fourth-order valence-corrected chi connectivity index (χ4v) is 3.70. The summed E-state index contributed by atoms with van der Waals surface area (Å²) in [5, 5.41) is 20.3. The summed E-state index contributed by atoms with van der Waals surface area (Å²) in [4.78, 5) is 11.1. The van der Waals surface area contributed by atoms with E-state index in [0.717, 1.165) is 64.2 Å². The van der Waals surface area contributed by atoms with Gasteiger partial charge in [0.2, 0.25) is 0 Å². The largest absolute Gasteiger partial charge is 0.469 e. The van der Waals surface area contributed by atoms with E-state index < -0.39 is 0 Å². The second kappa shape index (κ2) is 13.3. The number of hydrogen-bond acceptors (Lipinski definition) is 4. The molecule has 3 atom stereocenters. The first-order chi connectivity index (χ1) is 12.1. The number of esters is 1. The van der Waals surface area contributed by atoms with E-state index in [9.17, 15) is 15.0 Å². The number of aliphatic hydroxyl groups is 2. The number of rotatable bonds is 13. The third-order valence-corrected chi connectivity index (χ3v) is 5.34. The van der Waals surface area contributed by atoms with E-state index in [1.54, 1.807) is 0 Å². The van der Waals surface area contributed by atoms with E-state index in [4.69, 9.17) is 0 Å². The molecule has 0 heterocycles. The van der Waals surface area contributed by atoms with Gasteiger partial charge in [0.25, 0.3) is 0 Å². The molecule has 1 aliphatic rings. The Morgan fingerprint density at radius 2 is 2.00 bits per heavy atom. The number of methoxy groups -OCH3 is 1. The van der Waals surface area contributed by atoms with Crippen LogP contribution in [0.3, 0.4) is 0 Å². The lowest BCUT2D eigenvalue weighted by atomic mass is 9.92. The van der Waals surface area contributed by atoms with Crippen molar-refractivity contribution in [1.29, 1.82) is 0 Å². The second-order valence-electron chi connectivity index (χ2n) is 7.41.